The fraction of sp³-hybridized carbons (Fsp3) is 0.421. The van der Waals surface area contributed by atoms with Crippen LogP contribution in [0, 0.1) is 11.3 Å². The Morgan fingerprint density at radius 2 is 2.03 bits per heavy atom. The number of likely N-dealkylation sites (tertiary alicyclic amines) is 1. The minimum Gasteiger partial charge on any atom is -0.450 e. The minimum absolute atomic E-state index is 0.0506. The van der Waals surface area contributed by atoms with Crippen LogP contribution in [-0.2, 0) is 15.7 Å². The lowest BCUT2D eigenvalue weighted by molar-refractivity contribution is -0.137. The first-order valence-corrected chi connectivity index (χ1v) is 9.01. The van der Waals surface area contributed by atoms with Crippen LogP contribution < -0.4 is 10.6 Å². The third-order valence-electron chi connectivity index (χ3n) is 4.30. The summed E-state index contributed by atoms with van der Waals surface area (Å²) in [6.07, 6.45) is -2.46. The smallest absolute Gasteiger partial charge is 0.416 e. The Morgan fingerprint density at radius 3 is 2.62 bits per heavy atom. The Kier molecular flexibility index (Phi) is 7.47. The SMILES string of the molecule is CCOC(=O)N1CCC(N/C=C(/C#N)C(=O)Nc2cccc(C(F)(F)F)c2)CC1. The van der Waals surface area contributed by atoms with Crippen molar-refractivity contribution in [3.05, 3.63) is 41.6 Å². The van der Waals surface area contributed by atoms with Crippen molar-refractivity contribution in [1.82, 2.24) is 10.2 Å². The number of amides is 2. The molecule has 0 saturated carbocycles. The van der Waals surface area contributed by atoms with Crippen molar-refractivity contribution in [3.8, 4) is 6.07 Å². The Morgan fingerprint density at radius 1 is 1.34 bits per heavy atom. The highest BCUT2D eigenvalue weighted by Gasteiger charge is 2.30. The number of hydrogen-bond acceptors (Lipinski definition) is 5. The molecule has 29 heavy (non-hydrogen) atoms. The molecule has 0 spiro atoms. The van der Waals surface area contributed by atoms with Gasteiger partial charge < -0.3 is 20.3 Å². The Labute approximate surface area is 166 Å². The number of ether oxygens (including phenoxy) is 1. The second-order valence-corrected chi connectivity index (χ2v) is 6.33. The summed E-state index contributed by atoms with van der Waals surface area (Å²) in [4.78, 5) is 25.4. The van der Waals surface area contributed by atoms with Crippen LogP contribution in [0.4, 0.5) is 23.7 Å². The predicted molar refractivity (Wildman–Crippen MR) is 98.5 cm³/mol. The van der Waals surface area contributed by atoms with Crippen molar-refractivity contribution in [2.75, 3.05) is 25.0 Å². The lowest BCUT2D eigenvalue weighted by Gasteiger charge is -2.31. The first-order valence-electron chi connectivity index (χ1n) is 9.01. The maximum atomic E-state index is 12.8. The number of nitriles is 1. The molecule has 1 aromatic carbocycles. The quantitative estimate of drug-likeness (QED) is 0.574. The van der Waals surface area contributed by atoms with E-state index in [4.69, 9.17) is 4.74 Å². The molecule has 2 amide bonds. The van der Waals surface area contributed by atoms with Crippen molar-refractivity contribution >= 4 is 17.7 Å². The van der Waals surface area contributed by atoms with Crippen molar-refractivity contribution in [2.24, 2.45) is 0 Å². The van der Waals surface area contributed by atoms with Gasteiger partial charge in [0, 0.05) is 31.0 Å². The maximum Gasteiger partial charge on any atom is 0.416 e. The van der Waals surface area contributed by atoms with E-state index < -0.39 is 17.6 Å². The summed E-state index contributed by atoms with van der Waals surface area (Å²) in [6.45, 7) is 2.97. The van der Waals surface area contributed by atoms with Gasteiger partial charge in [0.2, 0.25) is 0 Å². The van der Waals surface area contributed by atoms with Gasteiger partial charge in [-0.25, -0.2) is 4.79 Å². The van der Waals surface area contributed by atoms with Gasteiger partial charge in [0.1, 0.15) is 11.6 Å². The Balaban J connectivity index is 1.93. The van der Waals surface area contributed by atoms with Gasteiger partial charge in [-0.2, -0.15) is 18.4 Å². The summed E-state index contributed by atoms with van der Waals surface area (Å²) >= 11 is 0. The summed E-state index contributed by atoms with van der Waals surface area (Å²) in [6, 6.07) is 5.84. The van der Waals surface area contributed by atoms with Crippen LogP contribution in [0.15, 0.2) is 36.0 Å². The van der Waals surface area contributed by atoms with Gasteiger partial charge in [0.15, 0.2) is 0 Å². The Bertz CT molecular complexity index is 810. The summed E-state index contributed by atoms with van der Waals surface area (Å²) < 4.78 is 43.2. The number of nitrogens with zero attached hydrogens (tertiary/aromatic N) is 2. The average Bonchev–Trinajstić information content (AvgIpc) is 2.68. The number of benzene rings is 1. The second-order valence-electron chi connectivity index (χ2n) is 6.33. The molecule has 2 N–H and O–H groups in total. The van der Waals surface area contributed by atoms with Crippen molar-refractivity contribution < 1.29 is 27.5 Å². The van der Waals surface area contributed by atoms with Gasteiger partial charge in [-0.3, -0.25) is 4.79 Å². The van der Waals surface area contributed by atoms with Crippen LogP contribution >= 0.6 is 0 Å². The van der Waals surface area contributed by atoms with Crippen LogP contribution in [0.3, 0.4) is 0 Å². The summed E-state index contributed by atoms with van der Waals surface area (Å²) in [5.74, 6) is -0.816. The summed E-state index contributed by atoms with van der Waals surface area (Å²) in [5.41, 5.74) is -1.23. The van der Waals surface area contributed by atoms with E-state index in [1.807, 2.05) is 0 Å². The third kappa shape index (κ3) is 6.41. The second kappa shape index (κ2) is 9.82. The van der Waals surface area contributed by atoms with Crippen LogP contribution in [0.1, 0.15) is 25.3 Å². The monoisotopic (exact) mass is 410 g/mol. The van der Waals surface area contributed by atoms with Crippen molar-refractivity contribution in [2.45, 2.75) is 32.0 Å². The molecular weight excluding hydrogens is 389 g/mol. The standard InChI is InChI=1S/C19H21F3N4O3/c1-2-29-18(28)26-8-6-15(7-9-26)24-12-13(11-23)17(27)25-16-5-3-4-14(10-16)19(20,21)22/h3-5,10,12,15,24H,2,6-9H2,1H3,(H,25,27)/b13-12-. The number of anilines is 1. The van der Waals surface area contributed by atoms with Gasteiger partial charge in [-0.15, -0.1) is 0 Å². The molecule has 1 heterocycles. The number of piperidine rings is 1. The molecule has 0 aliphatic carbocycles. The van der Waals surface area contributed by atoms with Gasteiger partial charge in [0.25, 0.3) is 5.91 Å². The third-order valence-corrected chi connectivity index (χ3v) is 4.30. The minimum atomic E-state index is -4.53. The van der Waals surface area contributed by atoms with E-state index in [0.717, 1.165) is 12.1 Å². The molecule has 156 valence electrons. The highest BCUT2D eigenvalue weighted by molar-refractivity contribution is 6.06. The van der Waals surface area contributed by atoms with Crippen LogP contribution in [0.2, 0.25) is 0 Å². The molecule has 1 aromatic rings. The first-order chi connectivity index (χ1) is 13.7. The normalized spacial score (nSPS) is 15.4. The number of nitrogens with one attached hydrogen (secondary N) is 2. The number of carbonyl (C=O) groups is 2. The van der Waals surface area contributed by atoms with Crippen LogP contribution in [0.25, 0.3) is 0 Å². The van der Waals surface area contributed by atoms with E-state index in [1.165, 1.54) is 18.3 Å². The van der Waals surface area contributed by atoms with Crippen molar-refractivity contribution in [3.63, 3.8) is 0 Å². The predicted octanol–water partition coefficient (Wildman–Crippen LogP) is 3.26. The van der Waals surface area contributed by atoms with E-state index in [-0.39, 0.29) is 23.4 Å². The topological polar surface area (TPSA) is 94.5 Å². The largest absolute Gasteiger partial charge is 0.450 e. The van der Waals surface area contributed by atoms with E-state index in [9.17, 15) is 28.0 Å². The molecular formula is C19H21F3N4O3. The molecule has 0 bridgehead atoms. The zero-order valence-electron chi connectivity index (χ0n) is 15.8. The van der Waals surface area contributed by atoms with Gasteiger partial charge in [-0.1, -0.05) is 6.07 Å². The first kappa shape index (κ1) is 22.1. The molecule has 1 fully saturated rings. The molecule has 2 rings (SSSR count). The van der Waals surface area contributed by atoms with Gasteiger partial charge in [0.05, 0.1) is 12.2 Å². The molecule has 7 nitrogen and oxygen atoms in total. The highest BCUT2D eigenvalue weighted by Crippen LogP contribution is 2.30. The number of alkyl halides is 3. The Hall–Kier alpha value is -3.22. The highest BCUT2D eigenvalue weighted by atomic mass is 19.4. The lowest BCUT2D eigenvalue weighted by atomic mass is 10.1. The summed E-state index contributed by atoms with van der Waals surface area (Å²) in [5, 5.41) is 14.4. The number of halogens is 3. The van der Waals surface area contributed by atoms with Gasteiger partial charge >= 0.3 is 12.3 Å². The molecule has 1 saturated heterocycles. The zero-order valence-corrected chi connectivity index (χ0v) is 15.8. The van der Waals surface area contributed by atoms with Crippen LogP contribution in [0.5, 0.6) is 0 Å². The van der Waals surface area contributed by atoms with E-state index in [2.05, 4.69) is 10.6 Å². The fourth-order valence-corrected chi connectivity index (χ4v) is 2.76. The number of rotatable bonds is 5. The number of hydrogen-bond donors (Lipinski definition) is 2. The lowest BCUT2D eigenvalue weighted by Crippen LogP contribution is -2.44. The molecule has 1 aliphatic heterocycles. The van der Waals surface area contributed by atoms with E-state index in [1.54, 1.807) is 17.9 Å². The average molecular weight is 410 g/mol. The molecule has 0 unspecified atom stereocenters. The fourth-order valence-electron chi connectivity index (χ4n) is 2.76. The van der Waals surface area contributed by atoms with E-state index in [0.29, 0.717) is 32.5 Å². The molecule has 10 heteroatoms. The number of carbonyl (C=O) groups excluding carboxylic acids is 2. The molecule has 0 atom stereocenters. The molecule has 0 radical (unpaired) electrons. The van der Waals surface area contributed by atoms with E-state index >= 15 is 0 Å². The zero-order chi connectivity index (χ0) is 21.4. The summed E-state index contributed by atoms with van der Waals surface area (Å²) in [7, 11) is 0. The maximum absolute atomic E-state index is 12.8. The van der Waals surface area contributed by atoms with Crippen molar-refractivity contribution in [1.29, 1.82) is 5.26 Å². The van der Waals surface area contributed by atoms with Gasteiger partial charge in [-0.05, 0) is 38.0 Å². The molecule has 1 aliphatic rings. The molecule has 0 aromatic heterocycles. The van der Waals surface area contributed by atoms with Crippen LogP contribution in [-0.4, -0.2) is 42.6 Å².